The van der Waals surface area contributed by atoms with Crippen LogP contribution in [-0.2, 0) is 0 Å². The average Bonchev–Trinajstić information content (AvgIpc) is 2.99. The van der Waals surface area contributed by atoms with Gasteiger partial charge in [-0.2, -0.15) is 0 Å². The van der Waals surface area contributed by atoms with E-state index in [1.165, 1.54) is 0 Å². The largest absolute Gasteiger partial charge is 0.417 e. The maximum Gasteiger partial charge on any atom is 0.417 e. The van der Waals surface area contributed by atoms with E-state index >= 15 is 0 Å². The molecule has 0 aliphatic carbocycles. The molecule has 4 aromatic rings. The summed E-state index contributed by atoms with van der Waals surface area (Å²) in [7, 11) is 0. The molecule has 104 valence electrons. The van der Waals surface area contributed by atoms with Crippen LogP contribution in [0.3, 0.4) is 0 Å². The molecule has 3 N–H and O–H groups in total. The minimum Gasteiger partial charge on any atom is -0.408 e. The molecule has 0 spiro atoms. The summed E-state index contributed by atoms with van der Waals surface area (Å²) in [6.07, 6.45) is 1.92. The van der Waals surface area contributed by atoms with Crippen LogP contribution in [0.1, 0.15) is 5.69 Å². The fourth-order valence-electron chi connectivity index (χ4n) is 2.57. The molecule has 1 aromatic carbocycles. The fraction of sp³-hybridized carbons (Fsp3) is 0.0667. The van der Waals surface area contributed by atoms with Gasteiger partial charge in [-0.05, 0) is 31.2 Å². The summed E-state index contributed by atoms with van der Waals surface area (Å²) >= 11 is 0. The number of pyridine rings is 1. The van der Waals surface area contributed by atoms with Crippen molar-refractivity contribution in [2.75, 3.05) is 5.73 Å². The van der Waals surface area contributed by atoms with Gasteiger partial charge in [-0.15, -0.1) is 0 Å². The number of anilines is 1. The maximum absolute atomic E-state index is 11.2. The fourth-order valence-corrected chi connectivity index (χ4v) is 2.57. The normalized spacial score (nSPS) is 11.5. The first-order valence-corrected chi connectivity index (χ1v) is 6.50. The number of aromatic nitrogens is 3. The molecule has 0 fully saturated rings. The summed E-state index contributed by atoms with van der Waals surface area (Å²) in [5, 5.41) is 0. The minimum absolute atomic E-state index is 0.460. The average molecular weight is 280 g/mol. The van der Waals surface area contributed by atoms with Crippen molar-refractivity contribution < 1.29 is 4.42 Å². The standard InChI is InChI=1S/C15H12N4O2/c1-8-13(18-14-10(16)3-2-6-19(8)14)9-4-5-11-12(7-9)21-15(20)17-11/h2-7H,16H2,1H3,(H,17,20). The Balaban J connectivity index is 2.01. The molecule has 0 saturated heterocycles. The molecule has 3 heterocycles. The highest BCUT2D eigenvalue weighted by molar-refractivity contribution is 5.81. The van der Waals surface area contributed by atoms with Crippen LogP contribution >= 0.6 is 0 Å². The van der Waals surface area contributed by atoms with Crippen LogP contribution in [0.25, 0.3) is 28.0 Å². The first kappa shape index (κ1) is 11.8. The summed E-state index contributed by atoms with van der Waals surface area (Å²) in [4.78, 5) is 18.5. The molecule has 0 saturated carbocycles. The Morgan fingerprint density at radius 2 is 2.19 bits per heavy atom. The highest BCUT2D eigenvalue weighted by Gasteiger charge is 2.13. The van der Waals surface area contributed by atoms with Gasteiger partial charge in [0.15, 0.2) is 11.2 Å². The SMILES string of the molecule is Cc1c(-c2ccc3[nH]c(=O)oc3c2)nc2c(N)cccn12. The lowest BCUT2D eigenvalue weighted by atomic mass is 10.1. The van der Waals surface area contributed by atoms with E-state index in [2.05, 4.69) is 9.97 Å². The van der Waals surface area contributed by atoms with E-state index < -0.39 is 5.76 Å². The highest BCUT2D eigenvalue weighted by Crippen LogP contribution is 2.27. The Labute approximate surface area is 118 Å². The van der Waals surface area contributed by atoms with Crippen LogP contribution in [0.15, 0.2) is 45.7 Å². The molecule has 6 heteroatoms. The number of nitrogens with one attached hydrogen (secondary N) is 1. The Bertz CT molecular complexity index is 1040. The van der Waals surface area contributed by atoms with E-state index in [1.54, 1.807) is 6.07 Å². The predicted octanol–water partition coefficient (Wildman–Crippen LogP) is 2.33. The van der Waals surface area contributed by atoms with Crippen molar-refractivity contribution in [2.45, 2.75) is 6.92 Å². The lowest BCUT2D eigenvalue weighted by molar-refractivity contribution is 0.555. The number of H-pyrrole nitrogens is 1. The zero-order chi connectivity index (χ0) is 14.6. The van der Waals surface area contributed by atoms with Crippen molar-refractivity contribution in [3.63, 3.8) is 0 Å². The van der Waals surface area contributed by atoms with E-state index in [0.717, 1.165) is 22.6 Å². The quantitative estimate of drug-likeness (QED) is 0.560. The molecular formula is C15H12N4O2. The van der Waals surface area contributed by atoms with E-state index in [9.17, 15) is 4.79 Å². The van der Waals surface area contributed by atoms with Crippen LogP contribution in [0.5, 0.6) is 0 Å². The summed E-state index contributed by atoms with van der Waals surface area (Å²) in [5.41, 5.74) is 11.2. The van der Waals surface area contributed by atoms with Crippen molar-refractivity contribution in [3.05, 3.63) is 52.8 Å². The molecule has 0 amide bonds. The third-order valence-electron chi connectivity index (χ3n) is 3.61. The number of aromatic amines is 1. The van der Waals surface area contributed by atoms with Gasteiger partial charge in [0.2, 0.25) is 0 Å². The minimum atomic E-state index is -0.460. The molecule has 0 aliphatic rings. The van der Waals surface area contributed by atoms with Gasteiger partial charge in [-0.3, -0.25) is 4.98 Å². The number of nitrogens with zero attached hydrogens (tertiary/aromatic N) is 2. The molecular weight excluding hydrogens is 268 g/mol. The molecule has 0 bridgehead atoms. The van der Waals surface area contributed by atoms with Crippen LogP contribution < -0.4 is 11.5 Å². The number of hydrogen-bond acceptors (Lipinski definition) is 4. The topological polar surface area (TPSA) is 89.3 Å². The second kappa shape index (κ2) is 3.99. The predicted molar refractivity (Wildman–Crippen MR) is 80.2 cm³/mol. The lowest BCUT2D eigenvalue weighted by Gasteiger charge is -1.99. The van der Waals surface area contributed by atoms with Gasteiger partial charge in [0.25, 0.3) is 0 Å². The van der Waals surface area contributed by atoms with Crippen molar-refractivity contribution in [2.24, 2.45) is 0 Å². The Kier molecular flexibility index (Phi) is 2.24. The first-order valence-electron chi connectivity index (χ1n) is 6.50. The van der Waals surface area contributed by atoms with Gasteiger partial charge in [-0.1, -0.05) is 6.07 Å². The molecule has 6 nitrogen and oxygen atoms in total. The van der Waals surface area contributed by atoms with Crippen molar-refractivity contribution in [1.29, 1.82) is 0 Å². The van der Waals surface area contributed by atoms with Crippen LogP contribution in [0.2, 0.25) is 0 Å². The van der Waals surface area contributed by atoms with Gasteiger partial charge in [0.1, 0.15) is 0 Å². The number of hydrogen-bond donors (Lipinski definition) is 2. The summed E-state index contributed by atoms with van der Waals surface area (Å²) in [5.74, 6) is -0.460. The molecule has 4 rings (SSSR count). The molecule has 21 heavy (non-hydrogen) atoms. The molecule has 0 unspecified atom stereocenters. The molecule has 0 atom stereocenters. The van der Waals surface area contributed by atoms with Crippen LogP contribution in [0, 0.1) is 6.92 Å². The Morgan fingerprint density at radius 1 is 1.33 bits per heavy atom. The number of nitrogen functional groups attached to an aromatic ring is 1. The zero-order valence-electron chi connectivity index (χ0n) is 11.3. The van der Waals surface area contributed by atoms with Gasteiger partial charge < -0.3 is 14.6 Å². The van der Waals surface area contributed by atoms with Crippen LogP contribution in [-0.4, -0.2) is 14.4 Å². The number of nitrogens with two attached hydrogens (primary N) is 1. The summed E-state index contributed by atoms with van der Waals surface area (Å²) < 4.78 is 7.04. The first-order chi connectivity index (χ1) is 10.1. The van der Waals surface area contributed by atoms with E-state index in [1.807, 2.05) is 41.8 Å². The number of imidazole rings is 1. The van der Waals surface area contributed by atoms with Crippen molar-refractivity contribution in [1.82, 2.24) is 14.4 Å². The molecule has 0 radical (unpaired) electrons. The van der Waals surface area contributed by atoms with Crippen molar-refractivity contribution in [3.8, 4) is 11.3 Å². The summed E-state index contributed by atoms with van der Waals surface area (Å²) in [6.45, 7) is 1.98. The second-order valence-corrected chi connectivity index (χ2v) is 4.93. The number of fused-ring (bicyclic) bond motifs is 2. The number of benzene rings is 1. The van der Waals surface area contributed by atoms with Gasteiger partial charge in [0, 0.05) is 17.5 Å². The summed E-state index contributed by atoms with van der Waals surface area (Å²) in [6, 6.07) is 9.22. The van der Waals surface area contributed by atoms with Crippen LogP contribution in [0.4, 0.5) is 5.69 Å². The number of rotatable bonds is 1. The van der Waals surface area contributed by atoms with Gasteiger partial charge in [0.05, 0.1) is 16.9 Å². The molecule has 3 aromatic heterocycles. The number of oxazole rings is 1. The lowest BCUT2D eigenvalue weighted by Crippen LogP contribution is -1.92. The monoisotopic (exact) mass is 280 g/mol. The van der Waals surface area contributed by atoms with Gasteiger partial charge >= 0.3 is 5.76 Å². The third-order valence-corrected chi connectivity index (χ3v) is 3.61. The maximum atomic E-state index is 11.2. The molecule has 0 aliphatic heterocycles. The second-order valence-electron chi connectivity index (χ2n) is 4.93. The smallest absolute Gasteiger partial charge is 0.408 e. The van der Waals surface area contributed by atoms with E-state index in [-0.39, 0.29) is 0 Å². The third kappa shape index (κ3) is 1.66. The number of aryl methyl sites for hydroxylation is 1. The zero-order valence-corrected chi connectivity index (χ0v) is 11.3. The Hall–Kier alpha value is -3.02. The van der Waals surface area contributed by atoms with E-state index in [0.29, 0.717) is 16.8 Å². The van der Waals surface area contributed by atoms with Crippen molar-refractivity contribution >= 4 is 22.4 Å². The highest BCUT2D eigenvalue weighted by atomic mass is 16.4. The Morgan fingerprint density at radius 3 is 3.00 bits per heavy atom. The van der Waals surface area contributed by atoms with E-state index in [4.69, 9.17) is 10.2 Å². The van der Waals surface area contributed by atoms with Gasteiger partial charge in [-0.25, -0.2) is 9.78 Å².